The molecular formula is C28H19FN2O6. The van der Waals surface area contributed by atoms with Crippen LogP contribution in [0.1, 0.15) is 34.2 Å². The first kappa shape index (κ1) is 21.6. The number of hydrogen-bond acceptors (Lipinski definition) is 6. The lowest BCUT2D eigenvalue weighted by atomic mass is 9.83. The zero-order valence-corrected chi connectivity index (χ0v) is 19.6. The Balaban J connectivity index is 1.53. The molecule has 1 aromatic heterocycles. The molecule has 1 atom stereocenters. The Morgan fingerprint density at radius 1 is 0.973 bits per heavy atom. The highest BCUT2D eigenvalue weighted by Gasteiger charge is 2.64. The van der Waals surface area contributed by atoms with Gasteiger partial charge in [0.05, 0.1) is 16.6 Å². The summed E-state index contributed by atoms with van der Waals surface area (Å²) in [4.78, 5) is 45.2. The average Bonchev–Trinajstić information content (AvgIpc) is 3.54. The molecule has 0 fully saturated rings. The number of hydrogen-bond donors (Lipinski definition) is 0. The largest absolute Gasteiger partial charge is 0.454 e. The van der Waals surface area contributed by atoms with Gasteiger partial charge in [-0.25, -0.2) is 4.39 Å². The van der Waals surface area contributed by atoms with Gasteiger partial charge in [-0.05, 0) is 48.9 Å². The Labute approximate surface area is 209 Å². The van der Waals surface area contributed by atoms with Crippen LogP contribution in [-0.2, 0) is 16.9 Å². The van der Waals surface area contributed by atoms with E-state index in [1.165, 1.54) is 11.0 Å². The minimum absolute atomic E-state index is 0.0125. The van der Waals surface area contributed by atoms with Gasteiger partial charge in [0.1, 0.15) is 11.4 Å². The maximum absolute atomic E-state index is 14.3. The van der Waals surface area contributed by atoms with Crippen molar-refractivity contribution in [3.05, 3.63) is 99.2 Å². The Hall–Kier alpha value is -4.66. The molecule has 0 saturated heterocycles. The van der Waals surface area contributed by atoms with E-state index in [-0.39, 0.29) is 35.6 Å². The number of carbonyl (C=O) groups excluding carboxylic acids is 2. The number of nitrogens with zero attached hydrogens (tertiary/aromatic N) is 2. The Kier molecular flexibility index (Phi) is 4.34. The van der Waals surface area contributed by atoms with Gasteiger partial charge in [0.2, 0.25) is 12.6 Å². The molecule has 0 saturated carbocycles. The maximum Gasteiger partial charge on any atom is 0.291 e. The molecule has 1 spiro atoms. The lowest BCUT2D eigenvalue weighted by Gasteiger charge is -2.34. The molecule has 0 N–H and O–H groups in total. The number of benzene rings is 3. The fourth-order valence-corrected chi connectivity index (χ4v) is 5.72. The minimum atomic E-state index is -1.77. The highest BCUT2D eigenvalue weighted by Crippen LogP contribution is 2.53. The molecule has 9 heteroatoms. The molecule has 184 valence electrons. The Bertz CT molecular complexity index is 1730. The molecule has 0 aliphatic carbocycles. The van der Waals surface area contributed by atoms with Crippen LogP contribution < -0.4 is 19.8 Å². The van der Waals surface area contributed by atoms with Crippen molar-refractivity contribution >= 4 is 28.5 Å². The summed E-state index contributed by atoms with van der Waals surface area (Å²) in [5.41, 5.74) is -0.625. The molecule has 7 rings (SSSR count). The fraction of sp³-hybridized carbons (Fsp3) is 0.179. The molecule has 0 radical (unpaired) electrons. The first-order valence-electron chi connectivity index (χ1n) is 11.8. The quantitative estimate of drug-likeness (QED) is 0.425. The molecule has 0 bridgehead atoms. The van der Waals surface area contributed by atoms with Crippen molar-refractivity contribution in [1.29, 1.82) is 0 Å². The lowest BCUT2D eigenvalue weighted by molar-refractivity contribution is -0.126. The van der Waals surface area contributed by atoms with Gasteiger partial charge in [-0.15, -0.1) is 0 Å². The van der Waals surface area contributed by atoms with E-state index in [0.717, 1.165) is 12.1 Å². The number of likely N-dealkylation sites (N-methyl/N-ethyl adjacent to an activating group) is 1. The van der Waals surface area contributed by atoms with Crippen LogP contribution in [0.15, 0.2) is 69.9 Å². The second-order valence-electron chi connectivity index (χ2n) is 9.13. The standard InChI is InChI=1S/C28H19FN2O6/c1-2-30-19-6-4-3-5-18(19)28(27(30)34)23-24(32)17-12-16(29)8-10-20(17)37-25(23)26(33)31(28)13-15-7-9-21-22(11-15)36-14-35-21/h3-12H,2,13-14H2,1H3. The summed E-state index contributed by atoms with van der Waals surface area (Å²) in [6, 6.07) is 15.9. The van der Waals surface area contributed by atoms with Crippen molar-refractivity contribution in [2.24, 2.45) is 0 Å². The van der Waals surface area contributed by atoms with Gasteiger partial charge < -0.3 is 23.7 Å². The van der Waals surface area contributed by atoms with Crippen LogP contribution in [-0.4, -0.2) is 30.1 Å². The van der Waals surface area contributed by atoms with Crippen molar-refractivity contribution in [3.8, 4) is 11.5 Å². The number of halogens is 1. The average molecular weight is 498 g/mol. The van der Waals surface area contributed by atoms with E-state index >= 15 is 0 Å². The van der Waals surface area contributed by atoms with Gasteiger partial charge in [-0.2, -0.15) is 0 Å². The van der Waals surface area contributed by atoms with Crippen molar-refractivity contribution < 1.29 is 27.9 Å². The van der Waals surface area contributed by atoms with Crippen molar-refractivity contribution in [1.82, 2.24) is 4.90 Å². The SMILES string of the molecule is CCN1C(=O)C2(c3ccccc31)c1c(oc3ccc(F)cc3c1=O)C(=O)N2Cc1ccc2c(c1)OCO2. The number of para-hydroxylation sites is 1. The zero-order chi connectivity index (χ0) is 25.5. The number of anilines is 1. The highest BCUT2D eigenvalue weighted by atomic mass is 19.1. The monoisotopic (exact) mass is 498 g/mol. The second kappa shape index (κ2) is 7.42. The van der Waals surface area contributed by atoms with E-state index in [9.17, 15) is 18.8 Å². The summed E-state index contributed by atoms with van der Waals surface area (Å²) >= 11 is 0. The molecule has 3 aromatic carbocycles. The summed E-state index contributed by atoms with van der Waals surface area (Å²) in [6.07, 6.45) is 0. The van der Waals surface area contributed by atoms with Crippen LogP contribution in [0.25, 0.3) is 11.0 Å². The first-order valence-corrected chi connectivity index (χ1v) is 11.8. The highest BCUT2D eigenvalue weighted by molar-refractivity contribution is 6.17. The van der Waals surface area contributed by atoms with E-state index < -0.39 is 28.6 Å². The zero-order valence-electron chi connectivity index (χ0n) is 19.6. The van der Waals surface area contributed by atoms with Crippen LogP contribution in [0.5, 0.6) is 11.5 Å². The molecule has 2 amide bonds. The van der Waals surface area contributed by atoms with Gasteiger partial charge in [0.15, 0.2) is 22.5 Å². The van der Waals surface area contributed by atoms with E-state index in [1.54, 1.807) is 47.4 Å². The smallest absolute Gasteiger partial charge is 0.291 e. The van der Waals surface area contributed by atoms with Crippen molar-refractivity contribution in [2.45, 2.75) is 19.0 Å². The molecule has 8 nitrogen and oxygen atoms in total. The predicted molar refractivity (Wildman–Crippen MR) is 130 cm³/mol. The summed E-state index contributed by atoms with van der Waals surface area (Å²) in [7, 11) is 0. The van der Waals surface area contributed by atoms with Crippen LogP contribution in [0.3, 0.4) is 0 Å². The molecular weight excluding hydrogens is 479 g/mol. The summed E-state index contributed by atoms with van der Waals surface area (Å²) in [6.45, 7) is 2.23. The van der Waals surface area contributed by atoms with Gasteiger partial charge >= 0.3 is 0 Å². The van der Waals surface area contributed by atoms with Crippen molar-refractivity contribution in [3.63, 3.8) is 0 Å². The molecule has 3 aliphatic heterocycles. The minimum Gasteiger partial charge on any atom is -0.454 e. The van der Waals surface area contributed by atoms with Crippen molar-refractivity contribution in [2.75, 3.05) is 18.2 Å². The molecule has 4 aromatic rings. The third kappa shape index (κ3) is 2.68. The Morgan fingerprint density at radius 2 is 1.78 bits per heavy atom. The summed E-state index contributed by atoms with van der Waals surface area (Å²) in [5.74, 6) is -0.766. The number of amides is 2. The maximum atomic E-state index is 14.3. The van der Waals surface area contributed by atoms with Crippen LogP contribution in [0.4, 0.5) is 10.1 Å². The van der Waals surface area contributed by atoms with E-state index in [4.69, 9.17) is 13.9 Å². The second-order valence-corrected chi connectivity index (χ2v) is 9.13. The third-order valence-electron chi connectivity index (χ3n) is 7.29. The summed E-state index contributed by atoms with van der Waals surface area (Å²) in [5, 5.41) is -0.0314. The lowest BCUT2D eigenvalue weighted by Crippen LogP contribution is -2.53. The molecule has 4 heterocycles. The van der Waals surface area contributed by atoms with E-state index in [1.807, 2.05) is 6.92 Å². The number of ether oxygens (including phenoxy) is 2. The number of carbonyl (C=O) groups is 2. The van der Waals surface area contributed by atoms with Crippen LogP contribution >= 0.6 is 0 Å². The number of rotatable bonds is 3. The normalized spacial score (nSPS) is 19.3. The van der Waals surface area contributed by atoms with Gasteiger partial charge in [0, 0.05) is 18.7 Å². The van der Waals surface area contributed by atoms with E-state index in [0.29, 0.717) is 34.9 Å². The van der Waals surface area contributed by atoms with E-state index in [2.05, 4.69) is 0 Å². The fourth-order valence-electron chi connectivity index (χ4n) is 5.72. The predicted octanol–water partition coefficient (Wildman–Crippen LogP) is 3.93. The molecule has 1 unspecified atom stereocenters. The Morgan fingerprint density at radius 3 is 2.62 bits per heavy atom. The van der Waals surface area contributed by atoms with Gasteiger partial charge in [-0.3, -0.25) is 14.4 Å². The number of fused-ring (bicyclic) bond motifs is 6. The van der Waals surface area contributed by atoms with Crippen LogP contribution in [0.2, 0.25) is 0 Å². The van der Waals surface area contributed by atoms with Gasteiger partial charge in [0.25, 0.3) is 11.8 Å². The topological polar surface area (TPSA) is 89.3 Å². The van der Waals surface area contributed by atoms with Gasteiger partial charge in [-0.1, -0.05) is 24.3 Å². The summed E-state index contributed by atoms with van der Waals surface area (Å²) < 4.78 is 31.0. The molecule has 37 heavy (non-hydrogen) atoms. The van der Waals surface area contributed by atoms with Crippen LogP contribution in [0, 0.1) is 5.82 Å². The first-order chi connectivity index (χ1) is 17.9. The third-order valence-corrected chi connectivity index (χ3v) is 7.29. The molecule has 3 aliphatic rings.